The summed E-state index contributed by atoms with van der Waals surface area (Å²) in [6.07, 6.45) is 16.5. The maximum atomic E-state index is 11.9. The van der Waals surface area contributed by atoms with E-state index in [0.717, 1.165) is 24.7 Å². The van der Waals surface area contributed by atoms with Gasteiger partial charge in [-0.25, -0.2) is 0 Å². The van der Waals surface area contributed by atoms with E-state index in [9.17, 15) is 4.79 Å². The van der Waals surface area contributed by atoms with Gasteiger partial charge in [0.15, 0.2) is 0 Å². The van der Waals surface area contributed by atoms with Crippen LogP contribution in [0.25, 0.3) is 5.57 Å². The second-order valence-electron chi connectivity index (χ2n) is 8.55. The molecule has 2 heteroatoms. The lowest BCUT2D eigenvalue weighted by Crippen LogP contribution is -2.14. The Morgan fingerprint density at radius 3 is 2.39 bits per heavy atom. The molecule has 0 aliphatic heterocycles. The summed E-state index contributed by atoms with van der Waals surface area (Å²) in [7, 11) is 0. The minimum Gasteiger partial charge on any atom is -0.427 e. The molecule has 0 amide bonds. The number of rotatable bonds is 12. The highest BCUT2D eigenvalue weighted by Crippen LogP contribution is 2.36. The molecule has 0 radical (unpaired) electrons. The molecule has 0 saturated heterocycles. The topological polar surface area (TPSA) is 26.3 Å². The summed E-state index contributed by atoms with van der Waals surface area (Å²) in [6, 6.07) is 8.10. The third-order valence-electron chi connectivity index (χ3n) is 6.21. The summed E-state index contributed by atoms with van der Waals surface area (Å²) >= 11 is 0. The van der Waals surface area contributed by atoms with Gasteiger partial charge in [-0.1, -0.05) is 83.9 Å². The maximum absolute atomic E-state index is 11.9. The van der Waals surface area contributed by atoms with Crippen LogP contribution in [0.3, 0.4) is 0 Å². The molecule has 156 valence electrons. The molecular formula is C26H40O2. The second kappa shape index (κ2) is 12.8. The monoisotopic (exact) mass is 384 g/mol. The number of hydrogen-bond acceptors (Lipinski definition) is 2. The number of unbranched alkanes of at least 4 members (excludes halogenated alkanes) is 5. The quantitative estimate of drug-likeness (QED) is 0.207. The number of ether oxygens (including phenoxy) is 1. The van der Waals surface area contributed by atoms with E-state index in [4.69, 9.17) is 4.74 Å². The van der Waals surface area contributed by atoms with Crippen LogP contribution in [0.15, 0.2) is 30.3 Å². The fourth-order valence-electron chi connectivity index (χ4n) is 4.20. The highest BCUT2D eigenvalue weighted by Gasteiger charge is 2.20. The van der Waals surface area contributed by atoms with Crippen LogP contribution in [0.4, 0.5) is 0 Å². The van der Waals surface area contributed by atoms with Gasteiger partial charge in [-0.3, -0.25) is 4.79 Å². The largest absolute Gasteiger partial charge is 0.427 e. The van der Waals surface area contributed by atoms with Gasteiger partial charge >= 0.3 is 5.97 Å². The van der Waals surface area contributed by atoms with E-state index < -0.39 is 0 Å². The van der Waals surface area contributed by atoms with Gasteiger partial charge < -0.3 is 4.74 Å². The Labute approximate surface area is 172 Å². The molecule has 1 aliphatic rings. The summed E-state index contributed by atoms with van der Waals surface area (Å²) in [5.74, 6) is 2.24. The molecule has 2 nitrogen and oxygen atoms in total. The van der Waals surface area contributed by atoms with Crippen molar-refractivity contribution < 1.29 is 9.53 Å². The van der Waals surface area contributed by atoms with E-state index in [1.54, 1.807) is 0 Å². The Hall–Kier alpha value is -1.57. The van der Waals surface area contributed by atoms with Crippen molar-refractivity contribution in [2.24, 2.45) is 11.8 Å². The van der Waals surface area contributed by atoms with Crippen molar-refractivity contribution in [1.29, 1.82) is 0 Å². The zero-order valence-corrected chi connectivity index (χ0v) is 18.3. The van der Waals surface area contributed by atoms with Crippen LogP contribution in [0.1, 0.15) is 103 Å². The molecule has 0 spiro atoms. The zero-order valence-electron chi connectivity index (χ0n) is 18.3. The summed E-state index contributed by atoms with van der Waals surface area (Å²) < 4.78 is 5.47. The van der Waals surface area contributed by atoms with Crippen LogP contribution in [0, 0.1) is 11.8 Å². The molecule has 2 rings (SSSR count). The van der Waals surface area contributed by atoms with E-state index >= 15 is 0 Å². The van der Waals surface area contributed by atoms with Crippen molar-refractivity contribution in [3.05, 3.63) is 35.9 Å². The standard InChI is InChI=1S/C26H40O2/c1-4-6-8-10-12-26(27)28-25-19-17-24(18-20-25)23-15-13-22(14-16-23)21(3)11-9-7-5-2/h15,17-22H,4-14,16H2,1-3H3. The van der Waals surface area contributed by atoms with E-state index in [1.165, 1.54) is 68.9 Å². The van der Waals surface area contributed by atoms with Gasteiger partial charge in [0.05, 0.1) is 0 Å². The molecule has 2 unspecified atom stereocenters. The van der Waals surface area contributed by atoms with E-state index in [2.05, 4.69) is 39.0 Å². The van der Waals surface area contributed by atoms with E-state index in [-0.39, 0.29) is 5.97 Å². The van der Waals surface area contributed by atoms with Crippen LogP contribution >= 0.6 is 0 Å². The van der Waals surface area contributed by atoms with Gasteiger partial charge in [-0.05, 0) is 60.8 Å². The van der Waals surface area contributed by atoms with Crippen LogP contribution in [-0.4, -0.2) is 5.97 Å². The average Bonchev–Trinajstić information content (AvgIpc) is 2.72. The van der Waals surface area contributed by atoms with Gasteiger partial charge in [0.2, 0.25) is 0 Å². The molecule has 1 aromatic carbocycles. The van der Waals surface area contributed by atoms with Crippen molar-refractivity contribution in [2.75, 3.05) is 0 Å². The first kappa shape index (κ1) is 22.7. The average molecular weight is 385 g/mol. The molecular weight excluding hydrogens is 344 g/mol. The molecule has 2 atom stereocenters. The first-order chi connectivity index (χ1) is 13.6. The van der Waals surface area contributed by atoms with Crippen LogP contribution in [-0.2, 0) is 4.79 Å². The van der Waals surface area contributed by atoms with Gasteiger partial charge in [-0.15, -0.1) is 0 Å². The molecule has 0 bridgehead atoms. The van der Waals surface area contributed by atoms with Gasteiger partial charge in [-0.2, -0.15) is 0 Å². The summed E-state index contributed by atoms with van der Waals surface area (Å²) in [5, 5.41) is 0. The molecule has 0 N–H and O–H groups in total. The normalized spacial score (nSPS) is 17.8. The summed E-state index contributed by atoms with van der Waals surface area (Å²) in [4.78, 5) is 11.9. The number of allylic oxidation sites excluding steroid dienone is 2. The second-order valence-corrected chi connectivity index (χ2v) is 8.55. The number of carbonyl (C=O) groups excluding carboxylic acids is 1. The van der Waals surface area contributed by atoms with E-state index in [0.29, 0.717) is 12.2 Å². The highest BCUT2D eigenvalue weighted by molar-refractivity contribution is 5.73. The third-order valence-corrected chi connectivity index (χ3v) is 6.21. The minimum absolute atomic E-state index is 0.111. The minimum atomic E-state index is -0.111. The van der Waals surface area contributed by atoms with Crippen molar-refractivity contribution in [2.45, 2.75) is 97.8 Å². The Kier molecular flexibility index (Phi) is 10.4. The predicted octanol–water partition coefficient (Wildman–Crippen LogP) is 7.96. The number of carbonyl (C=O) groups is 1. The Morgan fingerprint density at radius 1 is 1.04 bits per heavy atom. The molecule has 0 fully saturated rings. The van der Waals surface area contributed by atoms with Gasteiger partial charge in [0.25, 0.3) is 0 Å². The lowest BCUT2D eigenvalue weighted by molar-refractivity contribution is -0.134. The van der Waals surface area contributed by atoms with Crippen LogP contribution in [0.5, 0.6) is 5.75 Å². The predicted molar refractivity (Wildman–Crippen MR) is 119 cm³/mol. The summed E-state index contributed by atoms with van der Waals surface area (Å²) in [6.45, 7) is 6.89. The molecule has 0 saturated carbocycles. The lowest BCUT2D eigenvalue weighted by atomic mass is 9.78. The van der Waals surface area contributed by atoms with Crippen molar-refractivity contribution >= 4 is 11.5 Å². The lowest BCUT2D eigenvalue weighted by Gasteiger charge is -2.27. The van der Waals surface area contributed by atoms with E-state index in [1.807, 2.05) is 12.1 Å². The summed E-state index contributed by atoms with van der Waals surface area (Å²) in [5.41, 5.74) is 2.73. The van der Waals surface area contributed by atoms with Crippen molar-refractivity contribution in [1.82, 2.24) is 0 Å². The Morgan fingerprint density at radius 2 is 1.75 bits per heavy atom. The molecule has 1 aliphatic carbocycles. The Bertz CT molecular complexity index is 599. The molecule has 0 heterocycles. The van der Waals surface area contributed by atoms with Crippen molar-refractivity contribution in [3.63, 3.8) is 0 Å². The Balaban J connectivity index is 1.79. The fourth-order valence-corrected chi connectivity index (χ4v) is 4.20. The van der Waals surface area contributed by atoms with Crippen LogP contribution < -0.4 is 4.74 Å². The number of hydrogen-bond donors (Lipinski definition) is 0. The first-order valence-corrected chi connectivity index (χ1v) is 11.6. The smallest absolute Gasteiger partial charge is 0.311 e. The third kappa shape index (κ3) is 7.81. The fraction of sp³-hybridized carbons (Fsp3) is 0.654. The SMILES string of the molecule is CCCCCCC(=O)Oc1ccc(C2=CCC(C(C)CCCCC)CC2)cc1. The number of benzene rings is 1. The van der Waals surface area contributed by atoms with Gasteiger partial charge in [0.1, 0.15) is 5.75 Å². The molecule has 28 heavy (non-hydrogen) atoms. The highest BCUT2D eigenvalue weighted by atomic mass is 16.5. The zero-order chi connectivity index (χ0) is 20.2. The maximum Gasteiger partial charge on any atom is 0.311 e. The van der Waals surface area contributed by atoms with Gasteiger partial charge in [0, 0.05) is 6.42 Å². The van der Waals surface area contributed by atoms with Crippen LogP contribution in [0.2, 0.25) is 0 Å². The molecule has 1 aromatic rings. The van der Waals surface area contributed by atoms with Crippen molar-refractivity contribution in [3.8, 4) is 5.75 Å². The molecule has 0 aromatic heterocycles. The number of esters is 1. The first-order valence-electron chi connectivity index (χ1n) is 11.6.